The van der Waals surface area contributed by atoms with Crippen LogP contribution in [0.3, 0.4) is 0 Å². The van der Waals surface area contributed by atoms with Crippen molar-refractivity contribution in [1.82, 2.24) is 0 Å². The van der Waals surface area contributed by atoms with Crippen LogP contribution in [0.5, 0.6) is 0 Å². The number of hydrogen-bond donors (Lipinski definition) is 2. The molecule has 0 amide bonds. The third-order valence-electron chi connectivity index (χ3n) is 2.29. The maximum Gasteiger partial charge on any atom is 0.124 e. The number of nitriles is 1. The number of aliphatic hydroxyl groups is 1. The zero-order valence-corrected chi connectivity index (χ0v) is 9.42. The molecule has 0 atom stereocenters. The quantitative estimate of drug-likeness (QED) is 0.820. The number of rotatable bonds is 4. The molecule has 0 saturated heterocycles. The first kappa shape index (κ1) is 12.5. The normalized spacial score (nSPS) is 10.9. The summed E-state index contributed by atoms with van der Waals surface area (Å²) < 4.78 is 12.9. The van der Waals surface area contributed by atoms with Gasteiger partial charge in [0.25, 0.3) is 0 Å². The van der Waals surface area contributed by atoms with E-state index < -0.39 is 5.82 Å². The van der Waals surface area contributed by atoms with Crippen molar-refractivity contribution in [2.45, 2.75) is 13.8 Å². The van der Waals surface area contributed by atoms with Crippen LogP contribution in [0.2, 0.25) is 0 Å². The van der Waals surface area contributed by atoms with E-state index in [0.29, 0.717) is 12.2 Å². The Balaban J connectivity index is 2.79. The summed E-state index contributed by atoms with van der Waals surface area (Å²) in [6.45, 7) is 4.36. The molecule has 3 nitrogen and oxygen atoms in total. The second kappa shape index (κ2) is 4.95. The molecule has 1 aromatic carbocycles. The largest absolute Gasteiger partial charge is 0.396 e. The fourth-order valence-electron chi connectivity index (χ4n) is 1.15. The fraction of sp³-hybridized carbons (Fsp3) is 0.417. The zero-order valence-electron chi connectivity index (χ0n) is 9.42. The van der Waals surface area contributed by atoms with Crippen molar-refractivity contribution >= 4 is 5.69 Å². The van der Waals surface area contributed by atoms with Gasteiger partial charge in [-0.05, 0) is 18.2 Å². The first-order chi connectivity index (χ1) is 7.48. The number of halogens is 1. The Bertz CT molecular complexity index is 410. The molecular formula is C12H15FN2O. The van der Waals surface area contributed by atoms with Crippen molar-refractivity contribution in [3.8, 4) is 6.07 Å². The highest BCUT2D eigenvalue weighted by atomic mass is 19.1. The van der Waals surface area contributed by atoms with Gasteiger partial charge in [-0.15, -0.1) is 0 Å². The summed E-state index contributed by atoms with van der Waals surface area (Å²) in [6.07, 6.45) is 0. The summed E-state index contributed by atoms with van der Waals surface area (Å²) >= 11 is 0. The number of nitrogens with one attached hydrogen (secondary N) is 1. The summed E-state index contributed by atoms with van der Waals surface area (Å²) in [7, 11) is 0. The predicted molar refractivity (Wildman–Crippen MR) is 60.5 cm³/mol. The Morgan fingerprint density at radius 1 is 1.50 bits per heavy atom. The Morgan fingerprint density at radius 3 is 2.75 bits per heavy atom. The number of benzene rings is 1. The van der Waals surface area contributed by atoms with E-state index in [4.69, 9.17) is 10.4 Å². The van der Waals surface area contributed by atoms with Crippen LogP contribution in [0, 0.1) is 22.6 Å². The van der Waals surface area contributed by atoms with Gasteiger partial charge in [0.05, 0.1) is 11.3 Å². The molecule has 0 aliphatic rings. The molecule has 0 spiro atoms. The molecule has 0 aliphatic heterocycles. The maximum absolute atomic E-state index is 12.9. The van der Waals surface area contributed by atoms with Crippen molar-refractivity contribution in [2.75, 3.05) is 18.5 Å². The van der Waals surface area contributed by atoms with E-state index in [-0.39, 0.29) is 17.6 Å². The highest BCUT2D eigenvalue weighted by Gasteiger charge is 2.16. The van der Waals surface area contributed by atoms with E-state index in [2.05, 4.69) is 5.32 Å². The van der Waals surface area contributed by atoms with Crippen LogP contribution in [0.25, 0.3) is 0 Å². The first-order valence-electron chi connectivity index (χ1n) is 5.03. The Kier molecular flexibility index (Phi) is 3.86. The molecule has 0 heterocycles. The predicted octanol–water partition coefficient (Wildman–Crippen LogP) is 2.13. The van der Waals surface area contributed by atoms with E-state index in [1.807, 2.05) is 19.9 Å². The van der Waals surface area contributed by atoms with E-state index >= 15 is 0 Å². The van der Waals surface area contributed by atoms with Gasteiger partial charge >= 0.3 is 0 Å². The van der Waals surface area contributed by atoms with Gasteiger partial charge in [0.1, 0.15) is 11.9 Å². The molecule has 0 unspecified atom stereocenters. The van der Waals surface area contributed by atoms with E-state index in [9.17, 15) is 4.39 Å². The van der Waals surface area contributed by atoms with Crippen molar-refractivity contribution in [2.24, 2.45) is 5.41 Å². The van der Waals surface area contributed by atoms with Crippen molar-refractivity contribution in [3.63, 3.8) is 0 Å². The third kappa shape index (κ3) is 3.21. The number of anilines is 1. The maximum atomic E-state index is 12.9. The summed E-state index contributed by atoms with van der Waals surface area (Å²) in [5.74, 6) is -0.427. The molecule has 16 heavy (non-hydrogen) atoms. The molecule has 4 heteroatoms. The fourth-order valence-corrected chi connectivity index (χ4v) is 1.15. The molecule has 0 radical (unpaired) electrons. The standard InChI is InChI=1S/C12H15FN2O/c1-12(2,8-16)7-15-11-4-3-10(13)5-9(11)6-14/h3-5,15-16H,7-8H2,1-2H3. The van der Waals surface area contributed by atoms with Gasteiger partial charge in [0.15, 0.2) is 0 Å². The van der Waals surface area contributed by atoms with E-state index in [1.54, 1.807) is 0 Å². The molecule has 0 aliphatic carbocycles. The minimum Gasteiger partial charge on any atom is -0.396 e. The van der Waals surface area contributed by atoms with Crippen molar-refractivity contribution < 1.29 is 9.50 Å². The molecule has 2 N–H and O–H groups in total. The van der Waals surface area contributed by atoms with Crippen LogP contribution in [0.1, 0.15) is 19.4 Å². The lowest BCUT2D eigenvalue weighted by Gasteiger charge is -2.22. The second-order valence-electron chi connectivity index (χ2n) is 4.48. The summed E-state index contributed by atoms with van der Waals surface area (Å²) in [5, 5.41) is 20.9. The Hall–Kier alpha value is -1.60. The molecule has 0 fully saturated rings. The van der Waals surface area contributed by atoms with Gasteiger partial charge < -0.3 is 10.4 Å². The SMILES string of the molecule is CC(C)(CO)CNc1ccc(F)cc1C#N. The molecule has 0 bridgehead atoms. The van der Waals surface area contributed by atoms with Crippen molar-refractivity contribution in [3.05, 3.63) is 29.6 Å². The molecular weight excluding hydrogens is 207 g/mol. The van der Waals surface area contributed by atoms with Gasteiger partial charge in [0, 0.05) is 18.6 Å². The lowest BCUT2D eigenvalue weighted by Crippen LogP contribution is -2.27. The summed E-state index contributed by atoms with van der Waals surface area (Å²) in [5.41, 5.74) is 0.584. The zero-order chi connectivity index (χ0) is 12.2. The van der Waals surface area contributed by atoms with Crippen LogP contribution >= 0.6 is 0 Å². The Morgan fingerprint density at radius 2 is 2.19 bits per heavy atom. The lowest BCUT2D eigenvalue weighted by molar-refractivity contribution is 0.171. The number of aliphatic hydroxyl groups excluding tert-OH is 1. The number of nitrogens with zero attached hydrogens (tertiary/aromatic N) is 1. The van der Waals surface area contributed by atoms with Crippen LogP contribution < -0.4 is 5.32 Å². The van der Waals surface area contributed by atoms with Gasteiger partial charge in [0.2, 0.25) is 0 Å². The Labute approximate surface area is 94.5 Å². The van der Waals surface area contributed by atoms with Crippen LogP contribution in [-0.2, 0) is 0 Å². The lowest BCUT2D eigenvalue weighted by atomic mass is 9.95. The monoisotopic (exact) mass is 222 g/mol. The smallest absolute Gasteiger partial charge is 0.124 e. The topological polar surface area (TPSA) is 56.0 Å². The molecule has 1 aromatic rings. The van der Waals surface area contributed by atoms with E-state index in [0.717, 1.165) is 0 Å². The number of hydrogen-bond acceptors (Lipinski definition) is 3. The molecule has 0 aromatic heterocycles. The van der Waals surface area contributed by atoms with Gasteiger partial charge in [-0.25, -0.2) is 4.39 Å². The molecule has 1 rings (SSSR count). The van der Waals surface area contributed by atoms with Gasteiger partial charge in [-0.3, -0.25) is 0 Å². The van der Waals surface area contributed by atoms with Gasteiger partial charge in [-0.2, -0.15) is 5.26 Å². The van der Waals surface area contributed by atoms with Crippen LogP contribution in [-0.4, -0.2) is 18.3 Å². The first-order valence-corrected chi connectivity index (χ1v) is 5.03. The van der Waals surface area contributed by atoms with Crippen molar-refractivity contribution in [1.29, 1.82) is 5.26 Å². The summed E-state index contributed by atoms with van der Waals surface area (Å²) in [4.78, 5) is 0. The highest BCUT2D eigenvalue weighted by molar-refractivity contribution is 5.57. The van der Waals surface area contributed by atoms with Gasteiger partial charge in [-0.1, -0.05) is 13.8 Å². The highest BCUT2D eigenvalue weighted by Crippen LogP contribution is 2.19. The minimum absolute atomic E-state index is 0.0447. The molecule has 0 saturated carbocycles. The summed E-state index contributed by atoms with van der Waals surface area (Å²) in [6, 6.07) is 5.94. The third-order valence-corrected chi connectivity index (χ3v) is 2.29. The van der Waals surface area contributed by atoms with Crippen LogP contribution in [0.15, 0.2) is 18.2 Å². The minimum atomic E-state index is -0.427. The molecule has 86 valence electrons. The average Bonchev–Trinajstić information content (AvgIpc) is 2.27. The van der Waals surface area contributed by atoms with Crippen LogP contribution in [0.4, 0.5) is 10.1 Å². The van der Waals surface area contributed by atoms with E-state index in [1.165, 1.54) is 18.2 Å². The average molecular weight is 222 g/mol. The second-order valence-corrected chi connectivity index (χ2v) is 4.48.